The number of rotatable bonds is 5. The molecule has 0 saturated carbocycles. The highest BCUT2D eigenvalue weighted by Gasteiger charge is 2.21. The smallest absolute Gasteiger partial charge is 0.265 e. The summed E-state index contributed by atoms with van der Waals surface area (Å²) < 4.78 is 29.4. The summed E-state index contributed by atoms with van der Waals surface area (Å²) in [4.78, 5) is 0.137. The molecule has 0 aliphatic carbocycles. The Labute approximate surface area is 145 Å². The van der Waals surface area contributed by atoms with E-state index in [1.54, 1.807) is 35.9 Å². The molecule has 0 saturated heterocycles. The van der Waals surface area contributed by atoms with Crippen LogP contribution >= 0.6 is 11.6 Å². The summed E-state index contributed by atoms with van der Waals surface area (Å²) in [5.74, 6) is 0. The minimum atomic E-state index is -3.76. The Kier molecular flexibility index (Phi) is 4.59. The molecule has 0 atom stereocenters. The number of hydrogen-bond acceptors (Lipinski definition) is 3. The lowest BCUT2D eigenvalue weighted by Gasteiger charge is -2.08. The molecular formula is C17H16ClN3O2S. The normalized spacial score (nSPS) is 11.4. The Hall–Kier alpha value is -2.31. The van der Waals surface area contributed by atoms with E-state index >= 15 is 0 Å². The first kappa shape index (κ1) is 16.5. The molecule has 1 N–H and O–H groups in total. The highest BCUT2D eigenvalue weighted by molar-refractivity contribution is 7.92. The fourth-order valence-corrected chi connectivity index (χ4v) is 3.87. The van der Waals surface area contributed by atoms with Crippen molar-refractivity contribution in [2.24, 2.45) is 0 Å². The maximum atomic E-state index is 12.6. The van der Waals surface area contributed by atoms with E-state index < -0.39 is 10.0 Å². The van der Waals surface area contributed by atoms with Crippen molar-refractivity contribution in [1.82, 2.24) is 9.78 Å². The molecule has 5 nitrogen and oxygen atoms in total. The molecule has 0 spiro atoms. The molecule has 0 aliphatic rings. The third-order valence-corrected chi connectivity index (χ3v) is 5.29. The molecule has 0 unspecified atom stereocenters. The highest BCUT2D eigenvalue weighted by Crippen LogP contribution is 2.25. The van der Waals surface area contributed by atoms with E-state index in [0.29, 0.717) is 22.9 Å². The second kappa shape index (κ2) is 6.67. The molecule has 0 bridgehead atoms. The second-order valence-electron chi connectivity index (χ2n) is 5.35. The van der Waals surface area contributed by atoms with Crippen LogP contribution in [0.25, 0.3) is 0 Å². The molecule has 1 heterocycles. The summed E-state index contributed by atoms with van der Waals surface area (Å²) in [6, 6.07) is 16.4. The van der Waals surface area contributed by atoms with Crippen LogP contribution in [0.3, 0.4) is 0 Å². The van der Waals surface area contributed by atoms with E-state index in [2.05, 4.69) is 9.82 Å². The lowest BCUT2D eigenvalue weighted by atomic mass is 10.2. The molecule has 0 amide bonds. The van der Waals surface area contributed by atoms with Gasteiger partial charge < -0.3 is 0 Å². The van der Waals surface area contributed by atoms with Crippen LogP contribution in [-0.4, -0.2) is 18.2 Å². The quantitative estimate of drug-likeness (QED) is 0.753. The minimum Gasteiger partial charge on any atom is -0.278 e. The number of anilines is 1. The predicted octanol–water partition coefficient (Wildman–Crippen LogP) is 3.69. The van der Waals surface area contributed by atoms with Crippen molar-refractivity contribution in [3.05, 3.63) is 77.1 Å². The largest absolute Gasteiger partial charge is 0.278 e. The standard InChI is InChI=1S/C17H16ClN3O2S/c1-13-17(12-21(19-13)11-14-7-3-2-4-8-14)24(22,23)20-16-10-6-5-9-15(16)18/h2-10,12,20H,11H2,1H3. The Morgan fingerprint density at radius 3 is 2.46 bits per heavy atom. The van der Waals surface area contributed by atoms with Crippen LogP contribution in [0.15, 0.2) is 65.7 Å². The fourth-order valence-electron chi connectivity index (χ4n) is 2.36. The van der Waals surface area contributed by atoms with Crippen LogP contribution < -0.4 is 4.72 Å². The van der Waals surface area contributed by atoms with E-state index in [4.69, 9.17) is 11.6 Å². The van der Waals surface area contributed by atoms with E-state index in [9.17, 15) is 8.42 Å². The number of nitrogens with zero attached hydrogens (tertiary/aromatic N) is 2. The van der Waals surface area contributed by atoms with E-state index in [0.717, 1.165) is 5.56 Å². The zero-order valence-corrected chi connectivity index (χ0v) is 14.6. The van der Waals surface area contributed by atoms with E-state index in [1.807, 2.05) is 30.3 Å². The van der Waals surface area contributed by atoms with Crippen LogP contribution in [0.5, 0.6) is 0 Å². The Balaban J connectivity index is 1.87. The van der Waals surface area contributed by atoms with Gasteiger partial charge in [0.05, 0.1) is 22.9 Å². The number of aryl methyl sites for hydroxylation is 1. The molecule has 3 aromatic rings. The topological polar surface area (TPSA) is 64.0 Å². The average molecular weight is 362 g/mol. The highest BCUT2D eigenvalue weighted by atomic mass is 35.5. The van der Waals surface area contributed by atoms with Gasteiger partial charge in [-0.25, -0.2) is 8.42 Å². The van der Waals surface area contributed by atoms with Crippen molar-refractivity contribution in [1.29, 1.82) is 0 Å². The summed E-state index contributed by atoms with van der Waals surface area (Å²) in [6.07, 6.45) is 1.53. The molecule has 0 fully saturated rings. The molecule has 1 aromatic heterocycles. The van der Waals surface area contributed by atoms with Gasteiger partial charge in [-0.05, 0) is 24.6 Å². The third-order valence-electron chi connectivity index (χ3n) is 3.50. The van der Waals surface area contributed by atoms with Gasteiger partial charge >= 0.3 is 0 Å². The fraction of sp³-hybridized carbons (Fsp3) is 0.118. The van der Waals surface area contributed by atoms with Crippen molar-refractivity contribution in [2.45, 2.75) is 18.4 Å². The van der Waals surface area contributed by atoms with Crippen LogP contribution in [0, 0.1) is 6.92 Å². The summed E-state index contributed by atoms with van der Waals surface area (Å²) in [5, 5.41) is 4.64. The van der Waals surface area contributed by atoms with Crippen molar-refractivity contribution in [3.8, 4) is 0 Å². The molecule has 3 rings (SSSR count). The molecular weight excluding hydrogens is 346 g/mol. The van der Waals surface area contributed by atoms with Gasteiger partial charge in [0.25, 0.3) is 10.0 Å². The monoisotopic (exact) mass is 361 g/mol. The number of sulfonamides is 1. The van der Waals surface area contributed by atoms with E-state index in [1.165, 1.54) is 6.20 Å². The Morgan fingerprint density at radius 1 is 1.08 bits per heavy atom. The van der Waals surface area contributed by atoms with Crippen LogP contribution in [0.1, 0.15) is 11.3 Å². The van der Waals surface area contributed by atoms with Crippen LogP contribution in [-0.2, 0) is 16.6 Å². The zero-order valence-electron chi connectivity index (χ0n) is 13.0. The Bertz CT molecular complexity index is 953. The summed E-state index contributed by atoms with van der Waals surface area (Å²) in [7, 11) is -3.76. The van der Waals surface area contributed by atoms with Gasteiger partial charge in [0.1, 0.15) is 4.90 Å². The number of nitrogens with one attached hydrogen (secondary N) is 1. The number of halogens is 1. The predicted molar refractivity (Wildman–Crippen MR) is 94.8 cm³/mol. The number of aromatic nitrogens is 2. The maximum Gasteiger partial charge on any atom is 0.265 e. The Morgan fingerprint density at radius 2 is 1.75 bits per heavy atom. The first-order valence-electron chi connectivity index (χ1n) is 7.31. The molecule has 2 aromatic carbocycles. The number of hydrogen-bond donors (Lipinski definition) is 1. The number of para-hydroxylation sites is 1. The van der Waals surface area contributed by atoms with Gasteiger partial charge in [0, 0.05) is 6.20 Å². The first-order chi connectivity index (χ1) is 11.5. The lowest BCUT2D eigenvalue weighted by molar-refractivity contribution is 0.600. The molecule has 24 heavy (non-hydrogen) atoms. The van der Waals surface area contributed by atoms with Crippen molar-refractivity contribution >= 4 is 27.3 Å². The molecule has 124 valence electrons. The van der Waals surface area contributed by atoms with Gasteiger partial charge in [-0.1, -0.05) is 54.1 Å². The minimum absolute atomic E-state index is 0.137. The van der Waals surface area contributed by atoms with Crippen LogP contribution in [0.4, 0.5) is 5.69 Å². The lowest BCUT2D eigenvalue weighted by Crippen LogP contribution is -2.13. The van der Waals surface area contributed by atoms with Gasteiger partial charge in [-0.15, -0.1) is 0 Å². The van der Waals surface area contributed by atoms with Gasteiger partial charge in [0.2, 0.25) is 0 Å². The van der Waals surface area contributed by atoms with Crippen molar-refractivity contribution < 1.29 is 8.42 Å². The maximum absolute atomic E-state index is 12.6. The van der Waals surface area contributed by atoms with Crippen LogP contribution in [0.2, 0.25) is 5.02 Å². The van der Waals surface area contributed by atoms with Gasteiger partial charge in [-0.2, -0.15) is 5.10 Å². The number of benzene rings is 2. The second-order valence-corrected chi connectivity index (χ2v) is 7.41. The third kappa shape index (κ3) is 3.60. The molecule has 0 radical (unpaired) electrons. The van der Waals surface area contributed by atoms with Crippen molar-refractivity contribution in [3.63, 3.8) is 0 Å². The van der Waals surface area contributed by atoms with Gasteiger partial charge in [-0.3, -0.25) is 9.40 Å². The zero-order chi connectivity index (χ0) is 17.2. The average Bonchev–Trinajstić information content (AvgIpc) is 2.92. The SMILES string of the molecule is Cc1nn(Cc2ccccc2)cc1S(=O)(=O)Nc1ccccc1Cl. The summed E-state index contributed by atoms with van der Waals surface area (Å²) in [5.41, 5.74) is 1.82. The first-order valence-corrected chi connectivity index (χ1v) is 9.17. The summed E-state index contributed by atoms with van der Waals surface area (Å²) >= 11 is 6.02. The molecule has 0 aliphatic heterocycles. The van der Waals surface area contributed by atoms with Crippen molar-refractivity contribution in [2.75, 3.05) is 4.72 Å². The van der Waals surface area contributed by atoms with E-state index in [-0.39, 0.29) is 4.90 Å². The van der Waals surface area contributed by atoms with Gasteiger partial charge in [0.15, 0.2) is 0 Å². The molecule has 7 heteroatoms. The summed E-state index contributed by atoms with van der Waals surface area (Å²) in [6.45, 7) is 2.17.